The fraction of sp³-hybridized carbons (Fsp3) is 0.368. The second-order valence-corrected chi connectivity index (χ2v) is 6.09. The zero-order valence-corrected chi connectivity index (χ0v) is 13.5. The van der Waals surface area contributed by atoms with Gasteiger partial charge in [0.05, 0.1) is 0 Å². The quantitative estimate of drug-likeness (QED) is 0.843. The van der Waals surface area contributed by atoms with Gasteiger partial charge in [-0.1, -0.05) is 24.3 Å². The maximum Gasteiger partial charge on any atom is 0.119 e. The Balaban J connectivity index is 1.62. The minimum atomic E-state index is 0.726. The molecule has 3 rings (SSSR count). The van der Waals surface area contributed by atoms with Gasteiger partial charge in [0.2, 0.25) is 0 Å². The first-order valence-corrected chi connectivity index (χ1v) is 7.92. The highest BCUT2D eigenvalue weighted by atomic mass is 16.5. The van der Waals surface area contributed by atoms with E-state index >= 15 is 0 Å². The summed E-state index contributed by atoms with van der Waals surface area (Å²) in [5.41, 5.74) is 4.21. The first-order chi connectivity index (χ1) is 10.7. The number of hydrogen-bond acceptors (Lipinski definition) is 3. The molecule has 1 heterocycles. The molecule has 1 aliphatic rings. The van der Waals surface area contributed by atoms with Gasteiger partial charge in [0.1, 0.15) is 12.4 Å². The van der Waals surface area contributed by atoms with Crippen LogP contribution in [-0.2, 0) is 13.0 Å². The molecule has 0 spiro atoms. The van der Waals surface area contributed by atoms with Gasteiger partial charge >= 0.3 is 0 Å². The topological polar surface area (TPSA) is 15.7 Å². The Hall–Kier alpha value is -2.00. The van der Waals surface area contributed by atoms with E-state index in [4.69, 9.17) is 4.74 Å². The van der Waals surface area contributed by atoms with Crippen molar-refractivity contribution in [2.24, 2.45) is 0 Å². The maximum atomic E-state index is 5.76. The van der Waals surface area contributed by atoms with Crippen LogP contribution < -0.4 is 9.64 Å². The van der Waals surface area contributed by atoms with Crippen LogP contribution in [0.4, 0.5) is 5.69 Å². The highest BCUT2D eigenvalue weighted by molar-refractivity contribution is 5.51. The summed E-state index contributed by atoms with van der Waals surface area (Å²) in [6.45, 7) is 3.74. The van der Waals surface area contributed by atoms with Crippen LogP contribution in [0.25, 0.3) is 0 Å². The van der Waals surface area contributed by atoms with E-state index in [0.29, 0.717) is 0 Å². The number of ether oxygens (including phenoxy) is 1. The molecule has 3 nitrogen and oxygen atoms in total. The lowest BCUT2D eigenvalue weighted by atomic mass is 9.99. The molecule has 0 amide bonds. The van der Waals surface area contributed by atoms with Gasteiger partial charge < -0.3 is 14.5 Å². The molecule has 2 aromatic rings. The zero-order chi connectivity index (χ0) is 15.4. The first kappa shape index (κ1) is 14.9. The average molecular weight is 296 g/mol. The van der Waals surface area contributed by atoms with E-state index in [1.54, 1.807) is 0 Å². The number of rotatable bonds is 5. The third-order valence-corrected chi connectivity index (χ3v) is 4.14. The molecule has 0 saturated carbocycles. The summed E-state index contributed by atoms with van der Waals surface area (Å²) in [6.07, 6.45) is 1.12. The summed E-state index contributed by atoms with van der Waals surface area (Å²) in [5, 5.41) is 0. The van der Waals surface area contributed by atoms with Gasteiger partial charge in [0.25, 0.3) is 0 Å². The Bertz CT molecular complexity index is 607. The van der Waals surface area contributed by atoms with E-state index in [1.807, 2.05) is 0 Å². The number of anilines is 1. The summed E-state index contributed by atoms with van der Waals surface area (Å²) in [5.74, 6) is 0.947. The SMILES string of the molecule is CN(C)CCOc1ccc(N2CCc3ccccc3C2)cc1. The van der Waals surface area contributed by atoms with Crippen LogP contribution in [0, 0.1) is 0 Å². The second kappa shape index (κ2) is 6.84. The van der Waals surface area contributed by atoms with E-state index in [2.05, 4.69) is 72.4 Å². The average Bonchev–Trinajstić information content (AvgIpc) is 2.55. The van der Waals surface area contributed by atoms with Crippen molar-refractivity contribution < 1.29 is 4.74 Å². The van der Waals surface area contributed by atoms with Crippen molar-refractivity contribution in [2.75, 3.05) is 38.7 Å². The molecule has 0 aliphatic carbocycles. The highest BCUT2D eigenvalue weighted by Crippen LogP contribution is 2.26. The van der Waals surface area contributed by atoms with E-state index in [-0.39, 0.29) is 0 Å². The van der Waals surface area contributed by atoms with Crippen LogP contribution in [0.5, 0.6) is 5.75 Å². The van der Waals surface area contributed by atoms with Crippen molar-refractivity contribution >= 4 is 5.69 Å². The lowest BCUT2D eigenvalue weighted by Crippen LogP contribution is -2.30. The molecule has 22 heavy (non-hydrogen) atoms. The van der Waals surface area contributed by atoms with E-state index in [0.717, 1.165) is 38.4 Å². The Morgan fingerprint density at radius 3 is 2.45 bits per heavy atom. The molecule has 0 atom stereocenters. The van der Waals surface area contributed by atoms with E-state index in [9.17, 15) is 0 Å². The molecule has 0 unspecified atom stereocenters. The van der Waals surface area contributed by atoms with Crippen LogP contribution in [0.3, 0.4) is 0 Å². The van der Waals surface area contributed by atoms with Crippen molar-refractivity contribution in [3.05, 3.63) is 59.7 Å². The summed E-state index contributed by atoms with van der Waals surface area (Å²) in [7, 11) is 4.11. The van der Waals surface area contributed by atoms with Gasteiger partial charge in [-0.05, 0) is 55.9 Å². The molecule has 2 aromatic carbocycles. The smallest absolute Gasteiger partial charge is 0.119 e. The number of fused-ring (bicyclic) bond motifs is 1. The molecule has 0 radical (unpaired) electrons. The molecule has 116 valence electrons. The van der Waals surface area contributed by atoms with Gasteiger partial charge in [-0.3, -0.25) is 0 Å². The Labute approximate surface area is 133 Å². The Morgan fingerprint density at radius 2 is 1.73 bits per heavy atom. The van der Waals surface area contributed by atoms with Gasteiger partial charge in [-0.25, -0.2) is 0 Å². The third-order valence-electron chi connectivity index (χ3n) is 4.14. The summed E-state index contributed by atoms with van der Waals surface area (Å²) < 4.78 is 5.76. The van der Waals surface area contributed by atoms with Crippen molar-refractivity contribution in [3.63, 3.8) is 0 Å². The van der Waals surface area contributed by atoms with E-state index < -0.39 is 0 Å². The fourth-order valence-electron chi connectivity index (χ4n) is 2.82. The number of likely N-dealkylation sites (N-methyl/N-ethyl adjacent to an activating group) is 1. The minimum absolute atomic E-state index is 0.726. The number of hydrogen-bond donors (Lipinski definition) is 0. The van der Waals surface area contributed by atoms with Crippen LogP contribution >= 0.6 is 0 Å². The van der Waals surface area contributed by atoms with Gasteiger partial charge in [0, 0.05) is 25.3 Å². The predicted molar refractivity (Wildman–Crippen MR) is 91.7 cm³/mol. The monoisotopic (exact) mass is 296 g/mol. The Morgan fingerprint density at radius 1 is 1.00 bits per heavy atom. The number of benzene rings is 2. The summed E-state index contributed by atoms with van der Waals surface area (Å²) >= 11 is 0. The fourth-order valence-corrected chi connectivity index (χ4v) is 2.82. The molecule has 0 saturated heterocycles. The summed E-state index contributed by atoms with van der Waals surface area (Å²) in [6, 6.07) is 17.2. The highest BCUT2D eigenvalue weighted by Gasteiger charge is 2.15. The molecule has 0 bridgehead atoms. The molecular formula is C19H24N2O. The van der Waals surface area contributed by atoms with Crippen molar-refractivity contribution in [1.29, 1.82) is 0 Å². The largest absolute Gasteiger partial charge is 0.492 e. The predicted octanol–water partition coefficient (Wildman–Crippen LogP) is 3.19. The lowest BCUT2D eigenvalue weighted by molar-refractivity contribution is 0.261. The third kappa shape index (κ3) is 3.60. The van der Waals surface area contributed by atoms with Crippen LogP contribution in [0.15, 0.2) is 48.5 Å². The Kier molecular flexibility index (Phi) is 4.64. The maximum absolute atomic E-state index is 5.76. The minimum Gasteiger partial charge on any atom is -0.492 e. The molecule has 0 N–H and O–H groups in total. The molecular weight excluding hydrogens is 272 g/mol. The van der Waals surface area contributed by atoms with Crippen LogP contribution in [-0.4, -0.2) is 38.7 Å². The van der Waals surface area contributed by atoms with Gasteiger partial charge in [-0.2, -0.15) is 0 Å². The molecule has 1 aliphatic heterocycles. The van der Waals surface area contributed by atoms with E-state index in [1.165, 1.54) is 16.8 Å². The van der Waals surface area contributed by atoms with Crippen molar-refractivity contribution in [1.82, 2.24) is 4.90 Å². The van der Waals surface area contributed by atoms with Crippen molar-refractivity contribution in [3.8, 4) is 5.75 Å². The lowest BCUT2D eigenvalue weighted by Gasteiger charge is -2.30. The molecule has 0 fully saturated rings. The van der Waals surface area contributed by atoms with Gasteiger partial charge in [0.15, 0.2) is 0 Å². The second-order valence-electron chi connectivity index (χ2n) is 6.09. The molecule has 3 heteroatoms. The first-order valence-electron chi connectivity index (χ1n) is 7.92. The zero-order valence-electron chi connectivity index (χ0n) is 13.5. The molecule has 0 aromatic heterocycles. The standard InChI is InChI=1S/C19H24N2O/c1-20(2)13-14-22-19-9-7-18(8-10-19)21-12-11-16-5-3-4-6-17(16)15-21/h3-10H,11-15H2,1-2H3. The van der Waals surface area contributed by atoms with Crippen LogP contribution in [0.1, 0.15) is 11.1 Å². The normalized spacial score (nSPS) is 14.0. The van der Waals surface area contributed by atoms with Gasteiger partial charge in [-0.15, -0.1) is 0 Å². The van der Waals surface area contributed by atoms with Crippen LogP contribution in [0.2, 0.25) is 0 Å². The number of nitrogens with zero attached hydrogens (tertiary/aromatic N) is 2. The summed E-state index contributed by atoms with van der Waals surface area (Å²) in [4.78, 5) is 4.56. The van der Waals surface area contributed by atoms with Crippen molar-refractivity contribution in [2.45, 2.75) is 13.0 Å².